The molecule has 0 aliphatic heterocycles. The van der Waals surface area contributed by atoms with Crippen molar-refractivity contribution < 1.29 is 14.3 Å². The Morgan fingerprint density at radius 2 is 1.41 bits per heavy atom. The van der Waals surface area contributed by atoms with E-state index in [1.165, 1.54) is 5.56 Å². The predicted molar refractivity (Wildman–Crippen MR) is 88.0 cm³/mol. The van der Waals surface area contributed by atoms with Gasteiger partial charge in [0.1, 0.15) is 31.0 Å². The second-order valence-corrected chi connectivity index (χ2v) is 5.26. The third-order valence-electron chi connectivity index (χ3n) is 3.70. The quantitative estimate of drug-likeness (QED) is 0.533. The van der Waals surface area contributed by atoms with E-state index in [9.17, 15) is 4.79 Å². The summed E-state index contributed by atoms with van der Waals surface area (Å²) >= 11 is 0. The molecule has 0 aliphatic rings. The molecule has 2 rings (SSSR count). The lowest BCUT2D eigenvalue weighted by Crippen LogP contribution is -2.09. The Kier molecular flexibility index (Phi) is 6.01. The number of ether oxygens (including phenoxy) is 2. The molecule has 2 aromatic carbocycles. The van der Waals surface area contributed by atoms with Crippen LogP contribution in [0.1, 0.15) is 42.1 Å². The Labute approximate surface area is 131 Å². The maximum atomic E-state index is 10.6. The Morgan fingerprint density at radius 1 is 0.909 bits per heavy atom. The molecule has 0 amide bonds. The second-order valence-electron chi connectivity index (χ2n) is 5.26. The molecule has 0 saturated heterocycles. The topological polar surface area (TPSA) is 35.5 Å². The highest BCUT2D eigenvalue weighted by Crippen LogP contribution is 2.21. The Hall–Kier alpha value is -2.29. The summed E-state index contributed by atoms with van der Waals surface area (Å²) in [5, 5.41) is 0. The fourth-order valence-electron chi connectivity index (χ4n) is 2.09. The molecule has 0 N–H and O–H groups in total. The van der Waals surface area contributed by atoms with E-state index in [1.807, 2.05) is 12.1 Å². The van der Waals surface area contributed by atoms with Gasteiger partial charge in [-0.15, -0.1) is 0 Å². The average Bonchev–Trinajstić information content (AvgIpc) is 2.59. The van der Waals surface area contributed by atoms with Gasteiger partial charge in [0.2, 0.25) is 0 Å². The Morgan fingerprint density at radius 3 is 1.86 bits per heavy atom. The number of hydrogen-bond donors (Lipinski definition) is 0. The van der Waals surface area contributed by atoms with Gasteiger partial charge in [0, 0.05) is 5.56 Å². The minimum absolute atomic E-state index is 0.466. The standard InChI is InChI=1S/C19H22O3/c1-3-15(2)17-6-10-19(11-7-17)22-13-12-21-18-8-4-16(14-20)5-9-18/h4-11,14-15H,3,12-13H2,1-2H3. The number of aldehydes is 1. The molecule has 0 fully saturated rings. The van der Waals surface area contributed by atoms with Crippen molar-refractivity contribution in [1.29, 1.82) is 0 Å². The zero-order valence-electron chi connectivity index (χ0n) is 13.1. The molecule has 0 aromatic heterocycles. The van der Waals surface area contributed by atoms with Gasteiger partial charge in [0.15, 0.2) is 0 Å². The third-order valence-corrected chi connectivity index (χ3v) is 3.70. The molecule has 0 spiro atoms. The van der Waals surface area contributed by atoms with Crippen molar-refractivity contribution in [2.75, 3.05) is 13.2 Å². The number of benzene rings is 2. The van der Waals surface area contributed by atoms with Crippen LogP contribution in [0.25, 0.3) is 0 Å². The maximum absolute atomic E-state index is 10.6. The first-order valence-electron chi connectivity index (χ1n) is 7.63. The Bertz CT molecular complexity index is 573. The van der Waals surface area contributed by atoms with Crippen molar-refractivity contribution in [2.24, 2.45) is 0 Å². The first-order chi connectivity index (χ1) is 10.7. The summed E-state index contributed by atoms with van der Waals surface area (Å²) in [6.45, 7) is 5.36. The van der Waals surface area contributed by atoms with Crippen LogP contribution in [0, 0.1) is 0 Å². The molecule has 0 radical (unpaired) electrons. The fourth-order valence-corrected chi connectivity index (χ4v) is 2.09. The molecular formula is C19H22O3. The number of hydrogen-bond acceptors (Lipinski definition) is 3. The van der Waals surface area contributed by atoms with Crippen molar-refractivity contribution in [3.63, 3.8) is 0 Å². The fraction of sp³-hybridized carbons (Fsp3) is 0.316. The highest BCUT2D eigenvalue weighted by Gasteiger charge is 2.02. The van der Waals surface area contributed by atoms with Crippen molar-refractivity contribution in [2.45, 2.75) is 26.2 Å². The highest BCUT2D eigenvalue weighted by molar-refractivity contribution is 5.74. The van der Waals surface area contributed by atoms with Crippen molar-refractivity contribution in [3.8, 4) is 11.5 Å². The predicted octanol–water partition coefficient (Wildman–Crippen LogP) is 4.47. The third kappa shape index (κ3) is 4.62. The van der Waals surface area contributed by atoms with Gasteiger partial charge in [-0.2, -0.15) is 0 Å². The van der Waals surface area contributed by atoms with Gasteiger partial charge in [-0.05, 0) is 54.3 Å². The summed E-state index contributed by atoms with van der Waals surface area (Å²) in [6, 6.07) is 15.3. The van der Waals surface area contributed by atoms with E-state index in [4.69, 9.17) is 9.47 Å². The SMILES string of the molecule is CCC(C)c1ccc(OCCOc2ccc(C=O)cc2)cc1. The van der Waals surface area contributed by atoms with E-state index in [0.717, 1.165) is 24.2 Å². The van der Waals surface area contributed by atoms with E-state index in [2.05, 4.69) is 26.0 Å². The summed E-state index contributed by atoms with van der Waals surface area (Å²) < 4.78 is 11.2. The van der Waals surface area contributed by atoms with Crippen LogP contribution < -0.4 is 9.47 Å². The zero-order chi connectivity index (χ0) is 15.8. The van der Waals surface area contributed by atoms with Crippen LogP contribution in [0.3, 0.4) is 0 Å². The van der Waals surface area contributed by atoms with Crippen LogP contribution >= 0.6 is 0 Å². The van der Waals surface area contributed by atoms with E-state index in [0.29, 0.717) is 24.7 Å². The molecule has 0 bridgehead atoms. The molecule has 116 valence electrons. The van der Waals surface area contributed by atoms with Crippen LogP contribution in [0.5, 0.6) is 11.5 Å². The molecule has 3 heteroatoms. The van der Waals surface area contributed by atoms with E-state index < -0.39 is 0 Å². The normalized spacial score (nSPS) is 11.7. The van der Waals surface area contributed by atoms with Gasteiger partial charge in [0.05, 0.1) is 0 Å². The summed E-state index contributed by atoms with van der Waals surface area (Å²) in [6.07, 6.45) is 1.95. The van der Waals surface area contributed by atoms with E-state index >= 15 is 0 Å². The van der Waals surface area contributed by atoms with Crippen LogP contribution in [0.15, 0.2) is 48.5 Å². The lowest BCUT2D eigenvalue weighted by Gasteiger charge is -2.11. The summed E-state index contributed by atoms with van der Waals surface area (Å²) in [4.78, 5) is 10.6. The van der Waals surface area contributed by atoms with Gasteiger partial charge in [-0.3, -0.25) is 4.79 Å². The first kappa shape index (κ1) is 16.1. The van der Waals surface area contributed by atoms with Crippen LogP contribution in [-0.4, -0.2) is 19.5 Å². The van der Waals surface area contributed by atoms with Gasteiger partial charge in [-0.25, -0.2) is 0 Å². The molecule has 1 atom stereocenters. The molecule has 1 unspecified atom stereocenters. The summed E-state index contributed by atoms with van der Waals surface area (Å²) in [7, 11) is 0. The molecular weight excluding hydrogens is 276 g/mol. The maximum Gasteiger partial charge on any atom is 0.150 e. The van der Waals surface area contributed by atoms with E-state index in [1.54, 1.807) is 24.3 Å². The van der Waals surface area contributed by atoms with E-state index in [-0.39, 0.29) is 0 Å². The largest absolute Gasteiger partial charge is 0.490 e. The molecule has 0 heterocycles. The molecule has 22 heavy (non-hydrogen) atoms. The molecule has 0 saturated carbocycles. The zero-order valence-corrected chi connectivity index (χ0v) is 13.1. The smallest absolute Gasteiger partial charge is 0.150 e. The van der Waals surface area contributed by atoms with Crippen molar-refractivity contribution in [1.82, 2.24) is 0 Å². The number of carbonyl (C=O) groups excluding carboxylic acids is 1. The van der Waals surface area contributed by atoms with Gasteiger partial charge in [0.25, 0.3) is 0 Å². The van der Waals surface area contributed by atoms with Crippen LogP contribution in [0.2, 0.25) is 0 Å². The molecule has 2 aromatic rings. The first-order valence-corrected chi connectivity index (χ1v) is 7.63. The summed E-state index contributed by atoms with van der Waals surface area (Å²) in [5.74, 6) is 2.17. The molecule has 3 nitrogen and oxygen atoms in total. The second kappa shape index (κ2) is 8.23. The van der Waals surface area contributed by atoms with Crippen LogP contribution in [-0.2, 0) is 0 Å². The van der Waals surface area contributed by atoms with Crippen LogP contribution in [0.4, 0.5) is 0 Å². The minimum Gasteiger partial charge on any atom is -0.490 e. The van der Waals surface area contributed by atoms with Gasteiger partial charge < -0.3 is 9.47 Å². The van der Waals surface area contributed by atoms with Gasteiger partial charge >= 0.3 is 0 Å². The number of rotatable bonds is 8. The van der Waals surface area contributed by atoms with Gasteiger partial charge in [-0.1, -0.05) is 26.0 Å². The lowest BCUT2D eigenvalue weighted by molar-refractivity contribution is 0.112. The average molecular weight is 298 g/mol. The van der Waals surface area contributed by atoms with Crippen molar-refractivity contribution in [3.05, 3.63) is 59.7 Å². The summed E-state index contributed by atoms with van der Waals surface area (Å²) in [5.41, 5.74) is 1.98. The van der Waals surface area contributed by atoms with Crippen molar-refractivity contribution >= 4 is 6.29 Å². The minimum atomic E-state index is 0.466. The highest BCUT2D eigenvalue weighted by atomic mass is 16.5. The monoisotopic (exact) mass is 298 g/mol. The lowest BCUT2D eigenvalue weighted by atomic mass is 9.99. The Balaban J connectivity index is 1.75. The number of carbonyl (C=O) groups is 1. The molecule has 0 aliphatic carbocycles.